The van der Waals surface area contributed by atoms with Crippen molar-refractivity contribution in [3.63, 3.8) is 0 Å². The second kappa shape index (κ2) is 5.05. The van der Waals surface area contributed by atoms with Crippen LogP contribution in [0.25, 0.3) is 0 Å². The number of carbonyl (C=O) groups is 1. The van der Waals surface area contributed by atoms with E-state index in [1.54, 1.807) is 7.05 Å². The highest BCUT2D eigenvalue weighted by atomic mass is 19.2. The molecule has 1 heterocycles. The van der Waals surface area contributed by atoms with Crippen LogP contribution in [0.2, 0.25) is 0 Å². The molecule has 0 aliphatic heterocycles. The van der Waals surface area contributed by atoms with Gasteiger partial charge in [-0.15, -0.1) is 0 Å². The van der Waals surface area contributed by atoms with Crippen molar-refractivity contribution < 1.29 is 23.4 Å². The van der Waals surface area contributed by atoms with Crippen LogP contribution in [0.5, 0.6) is 5.75 Å². The summed E-state index contributed by atoms with van der Waals surface area (Å²) in [5, 5.41) is 12.5. The monoisotopic (exact) mass is 268 g/mol. The third-order valence-electron chi connectivity index (χ3n) is 2.47. The summed E-state index contributed by atoms with van der Waals surface area (Å²) in [5.74, 6) is -2.96. The van der Waals surface area contributed by atoms with Gasteiger partial charge in [0, 0.05) is 13.1 Å². The first-order chi connectivity index (χ1) is 8.97. The normalized spacial score (nSPS) is 10.5. The second-order valence-corrected chi connectivity index (χ2v) is 3.81. The van der Waals surface area contributed by atoms with Gasteiger partial charge in [-0.25, -0.2) is 13.6 Å². The van der Waals surface area contributed by atoms with Crippen molar-refractivity contribution in [2.24, 2.45) is 7.05 Å². The molecule has 0 radical (unpaired) electrons. The molecule has 0 fully saturated rings. The summed E-state index contributed by atoms with van der Waals surface area (Å²) in [6.45, 7) is 0.00184. The van der Waals surface area contributed by atoms with E-state index < -0.39 is 17.6 Å². The molecule has 5 nitrogen and oxygen atoms in total. The molecule has 1 aromatic heterocycles. The van der Waals surface area contributed by atoms with E-state index >= 15 is 0 Å². The van der Waals surface area contributed by atoms with Crippen molar-refractivity contribution in [1.82, 2.24) is 9.78 Å². The maximum Gasteiger partial charge on any atom is 0.356 e. The number of aromatic carboxylic acids is 1. The molecule has 2 rings (SSSR count). The number of halogens is 2. The zero-order valence-corrected chi connectivity index (χ0v) is 9.93. The van der Waals surface area contributed by atoms with E-state index in [4.69, 9.17) is 9.84 Å². The minimum atomic E-state index is -1.14. The van der Waals surface area contributed by atoms with Crippen LogP contribution in [0, 0.1) is 11.6 Å². The Balaban J connectivity index is 2.09. The number of hydrogen-bond acceptors (Lipinski definition) is 3. The molecule has 0 unspecified atom stereocenters. The third kappa shape index (κ3) is 2.87. The van der Waals surface area contributed by atoms with Crippen molar-refractivity contribution in [2.75, 3.05) is 0 Å². The number of aryl methyl sites for hydroxylation is 1. The number of benzene rings is 1. The largest absolute Gasteiger partial charge is 0.487 e. The van der Waals surface area contributed by atoms with Crippen molar-refractivity contribution in [1.29, 1.82) is 0 Å². The highest BCUT2D eigenvalue weighted by molar-refractivity contribution is 5.85. The fourth-order valence-corrected chi connectivity index (χ4v) is 1.47. The summed E-state index contributed by atoms with van der Waals surface area (Å²) in [4.78, 5) is 10.7. The summed E-state index contributed by atoms with van der Waals surface area (Å²) >= 11 is 0. The van der Waals surface area contributed by atoms with E-state index in [0.717, 1.165) is 12.1 Å². The Bertz CT molecular complexity index is 625. The summed E-state index contributed by atoms with van der Waals surface area (Å²) in [6.07, 6.45) is 0. The molecule has 0 aliphatic carbocycles. The first kappa shape index (κ1) is 13.0. The minimum absolute atomic E-state index is 0.00184. The average molecular weight is 268 g/mol. The number of nitrogens with zero attached hydrogens (tertiary/aromatic N) is 2. The van der Waals surface area contributed by atoms with E-state index in [1.165, 1.54) is 16.8 Å². The van der Waals surface area contributed by atoms with Gasteiger partial charge in [0.05, 0.1) is 5.69 Å². The van der Waals surface area contributed by atoms with Crippen LogP contribution in [-0.2, 0) is 13.7 Å². The lowest BCUT2D eigenvalue weighted by atomic mass is 10.3. The quantitative estimate of drug-likeness (QED) is 0.920. The lowest BCUT2D eigenvalue weighted by molar-refractivity contribution is 0.0689. The summed E-state index contributed by atoms with van der Waals surface area (Å²) < 4.78 is 32.2. The Morgan fingerprint density at radius 1 is 1.37 bits per heavy atom. The molecule has 0 atom stereocenters. The number of hydrogen-bond donors (Lipinski definition) is 1. The van der Waals surface area contributed by atoms with Crippen molar-refractivity contribution in [2.45, 2.75) is 6.61 Å². The Labute approximate surface area is 107 Å². The van der Waals surface area contributed by atoms with Gasteiger partial charge < -0.3 is 9.84 Å². The van der Waals surface area contributed by atoms with Crippen LogP contribution in [0.4, 0.5) is 8.78 Å². The Morgan fingerprint density at radius 3 is 2.68 bits per heavy atom. The van der Waals surface area contributed by atoms with Gasteiger partial charge in [0.25, 0.3) is 0 Å². The van der Waals surface area contributed by atoms with Crippen LogP contribution in [0.3, 0.4) is 0 Å². The summed E-state index contributed by atoms with van der Waals surface area (Å²) in [6, 6.07) is 4.51. The molecule has 0 saturated heterocycles. The molecular formula is C12H10F2N2O3. The standard InChI is InChI=1S/C12H10F2N2O3/c1-16-7(4-11(15-16)12(17)18)6-19-8-2-3-9(13)10(14)5-8/h2-5H,6H2,1H3,(H,17,18). The van der Waals surface area contributed by atoms with Gasteiger partial charge in [0.2, 0.25) is 0 Å². The number of ether oxygens (including phenoxy) is 1. The van der Waals surface area contributed by atoms with Crippen LogP contribution < -0.4 is 4.74 Å². The molecule has 0 bridgehead atoms. The van der Waals surface area contributed by atoms with Crippen LogP contribution in [0.1, 0.15) is 16.2 Å². The molecular weight excluding hydrogens is 258 g/mol. The topological polar surface area (TPSA) is 64.4 Å². The fourth-order valence-electron chi connectivity index (χ4n) is 1.47. The molecule has 2 aromatic rings. The second-order valence-electron chi connectivity index (χ2n) is 3.81. The van der Waals surface area contributed by atoms with Gasteiger partial charge >= 0.3 is 5.97 Å². The summed E-state index contributed by atoms with van der Waals surface area (Å²) in [7, 11) is 1.57. The average Bonchev–Trinajstić information content (AvgIpc) is 2.73. The van der Waals surface area contributed by atoms with Gasteiger partial charge in [0.1, 0.15) is 12.4 Å². The molecule has 0 saturated carbocycles. The Hall–Kier alpha value is -2.44. The van der Waals surface area contributed by atoms with E-state index in [0.29, 0.717) is 5.69 Å². The Morgan fingerprint density at radius 2 is 2.11 bits per heavy atom. The van der Waals surface area contributed by atoms with E-state index in [2.05, 4.69) is 5.10 Å². The van der Waals surface area contributed by atoms with Crippen molar-refractivity contribution >= 4 is 5.97 Å². The molecule has 7 heteroatoms. The number of carboxylic acid groups (broad SMARTS) is 1. The van der Waals surface area contributed by atoms with Crippen LogP contribution >= 0.6 is 0 Å². The lowest BCUT2D eigenvalue weighted by Gasteiger charge is -2.06. The van der Waals surface area contributed by atoms with Gasteiger partial charge in [0.15, 0.2) is 17.3 Å². The molecule has 100 valence electrons. The van der Waals surface area contributed by atoms with E-state index in [1.807, 2.05) is 0 Å². The zero-order valence-electron chi connectivity index (χ0n) is 9.93. The summed E-state index contributed by atoms with van der Waals surface area (Å²) in [5.41, 5.74) is 0.397. The third-order valence-corrected chi connectivity index (χ3v) is 2.47. The lowest BCUT2D eigenvalue weighted by Crippen LogP contribution is -2.03. The molecule has 0 amide bonds. The molecule has 0 spiro atoms. The first-order valence-electron chi connectivity index (χ1n) is 5.31. The minimum Gasteiger partial charge on any atom is -0.487 e. The van der Waals surface area contributed by atoms with Gasteiger partial charge in [-0.2, -0.15) is 5.10 Å². The van der Waals surface area contributed by atoms with Crippen LogP contribution in [-0.4, -0.2) is 20.9 Å². The maximum atomic E-state index is 12.9. The number of carboxylic acids is 1. The first-order valence-corrected chi connectivity index (χ1v) is 5.31. The maximum absolute atomic E-state index is 12.9. The molecule has 1 aromatic carbocycles. The smallest absolute Gasteiger partial charge is 0.356 e. The highest BCUT2D eigenvalue weighted by Crippen LogP contribution is 2.17. The number of aromatic nitrogens is 2. The van der Waals surface area contributed by atoms with Gasteiger partial charge in [-0.3, -0.25) is 4.68 Å². The van der Waals surface area contributed by atoms with Gasteiger partial charge in [-0.05, 0) is 18.2 Å². The van der Waals surface area contributed by atoms with Gasteiger partial charge in [-0.1, -0.05) is 0 Å². The zero-order chi connectivity index (χ0) is 14.0. The fraction of sp³-hybridized carbons (Fsp3) is 0.167. The highest BCUT2D eigenvalue weighted by Gasteiger charge is 2.12. The molecule has 1 N–H and O–H groups in total. The number of rotatable bonds is 4. The molecule has 19 heavy (non-hydrogen) atoms. The predicted molar refractivity (Wildman–Crippen MR) is 60.9 cm³/mol. The van der Waals surface area contributed by atoms with Crippen LogP contribution in [0.15, 0.2) is 24.3 Å². The van der Waals surface area contributed by atoms with Crippen molar-refractivity contribution in [3.8, 4) is 5.75 Å². The van der Waals surface area contributed by atoms with Crippen molar-refractivity contribution in [3.05, 3.63) is 47.3 Å². The van der Waals surface area contributed by atoms with E-state index in [-0.39, 0.29) is 18.1 Å². The van der Waals surface area contributed by atoms with E-state index in [9.17, 15) is 13.6 Å². The molecule has 0 aliphatic rings. The SMILES string of the molecule is Cn1nc(C(=O)O)cc1COc1ccc(F)c(F)c1. The predicted octanol–water partition coefficient (Wildman–Crippen LogP) is 1.98. The Kier molecular flexibility index (Phi) is 3.46.